The summed E-state index contributed by atoms with van der Waals surface area (Å²) in [4.78, 5) is 0. The van der Waals surface area contributed by atoms with E-state index >= 15 is 4.57 Å². The second kappa shape index (κ2) is 11.7. The normalized spacial score (nSPS) is 14.8. The quantitative estimate of drug-likeness (QED) is 0.167. The minimum Gasteiger partial charge on any atom is -0.309 e. The minimum absolute atomic E-state index is 0.868. The van der Waals surface area contributed by atoms with Crippen LogP contribution in [0.4, 0.5) is 0 Å². The second-order valence-corrected chi connectivity index (χ2v) is 15.9. The summed E-state index contributed by atoms with van der Waals surface area (Å²) in [5.74, 6) is 0. The monoisotopic (exact) mass is 669 g/mol. The maximum Gasteiger partial charge on any atom is 0.172 e. The van der Waals surface area contributed by atoms with Gasteiger partial charge in [-0.1, -0.05) is 164 Å². The lowest BCUT2D eigenvalue weighted by Crippen LogP contribution is -2.21. The molecule has 0 N–H and O–H groups in total. The Morgan fingerprint density at radius 2 is 0.922 bits per heavy atom. The summed E-state index contributed by atoms with van der Waals surface area (Å²) < 4.78 is 18.2. The molecular weight excluding hydrogens is 638 g/mol. The standard InChI is InChI=1S/C48H32NOP/c50-51(40-18-8-3-9-19-40)46-23-13-11-20-41(46)42-28-29-45-47(48(42)51)43-21-10-12-22-44(43)49(45)39-31-37(34-16-6-2-7-17-34)30-38(32-39)36-26-24-35(25-27-36)33-14-4-1-5-15-33/h1-32H. The molecule has 1 aromatic heterocycles. The molecule has 1 atom stereocenters. The minimum atomic E-state index is -3.19. The summed E-state index contributed by atoms with van der Waals surface area (Å²) >= 11 is 0. The third kappa shape index (κ3) is 4.61. The molecule has 0 saturated carbocycles. The van der Waals surface area contributed by atoms with Crippen LogP contribution >= 0.6 is 7.14 Å². The van der Waals surface area contributed by atoms with Crippen LogP contribution in [0, 0.1) is 0 Å². The number of para-hydroxylation sites is 1. The van der Waals surface area contributed by atoms with E-state index in [2.05, 4.69) is 162 Å². The van der Waals surface area contributed by atoms with Gasteiger partial charge in [-0.25, -0.2) is 0 Å². The molecule has 2 nitrogen and oxygen atoms in total. The molecule has 9 aromatic rings. The van der Waals surface area contributed by atoms with Gasteiger partial charge in [-0.2, -0.15) is 0 Å². The SMILES string of the molecule is O=P1(c2ccccc2)c2ccccc2-c2ccc3c(c21)c1ccccc1n3-c1cc(-c2ccccc2)cc(-c2ccc(-c3ccccc3)cc2)c1. The van der Waals surface area contributed by atoms with E-state index in [4.69, 9.17) is 0 Å². The largest absolute Gasteiger partial charge is 0.309 e. The maximum atomic E-state index is 15.9. The van der Waals surface area contributed by atoms with Crippen LogP contribution < -0.4 is 15.9 Å². The highest BCUT2D eigenvalue weighted by Crippen LogP contribution is 2.55. The van der Waals surface area contributed by atoms with Crippen LogP contribution in [0.1, 0.15) is 0 Å². The zero-order valence-electron chi connectivity index (χ0n) is 27.8. The first-order valence-electron chi connectivity index (χ1n) is 17.4. The topological polar surface area (TPSA) is 22.0 Å². The van der Waals surface area contributed by atoms with Crippen molar-refractivity contribution in [3.63, 3.8) is 0 Å². The van der Waals surface area contributed by atoms with Crippen molar-refractivity contribution in [1.82, 2.24) is 4.57 Å². The number of nitrogens with zero attached hydrogens (tertiary/aromatic N) is 1. The molecule has 1 aliphatic rings. The van der Waals surface area contributed by atoms with E-state index in [0.29, 0.717) is 0 Å². The van der Waals surface area contributed by atoms with E-state index < -0.39 is 7.14 Å². The van der Waals surface area contributed by atoms with Crippen molar-refractivity contribution in [2.75, 3.05) is 0 Å². The van der Waals surface area contributed by atoms with Gasteiger partial charge >= 0.3 is 0 Å². The summed E-state index contributed by atoms with van der Waals surface area (Å²) in [5.41, 5.74) is 12.3. The maximum absolute atomic E-state index is 15.9. The summed E-state index contributed by atoms with van der Waals surface area (Å²) in [6.07, 6.45) is 0. The molecule has 3 heteroatoms. The molecule has 0 amide bonds. The van der Waals surface area contributed by atoms with Crippen LogP contribution in [0.3, 0.4) is 0 Å². The Labute approximate surface area is 297 Å². The van der Waals surface area contributed by atoms with Crippen molar-refractivity contribution < 1.29 is 4.57 Å². The molecule has 2 heterocycles. The van der Waals surface area contributed by atoms with E-state index in [0.717, 1.165) is 76.8 Å². The predicted molar refractivity (Wildman–Crippen MR) is 215 cm³/mol. The highest BCUT2D eigenvalue weighted by molar-refractivity contribution is 7.86. The van der Waals surface area contributed by atoms with E-state index in [1.165, 1.54) is 11.1 Å². The van der Waals surface area contributed by atoms with Gasteiger partial charge < -0.3 is 9.13 Å². The van der Waals surface area contributed by atoms with Gasteiger partial charge in [-0.3, -0.25) is 0 Å². The van der Waals surface area contributed by atoms with Crippen molar-refractivity contribution in [3.05, 3.63) is 194 Å². The molecule has 51 heavy (non-hydrogen) atoms. The molecule has 0 spiro atoms. The van der Waals surface area contributed by atoms with Gasteiger partial charge in [0.15, 0.2) is 7.14 Å². The Morgan fingerprint density at radius 3 is 1.61 bits per heavy atom. The first-order chi connectivity index (χ1) is 25.2. The van der Waals surface area contributed by atoms with Gasteiger partial charge in [0.1, 0.15) is 0 Å². The average Bonchev–Trinajstić information content (AvgIpc) is 3.69. The van der Waals surface area contributed by atoms with Gasteiger partial charge in [0, 0.05) is 32.4 Å². The van der Waals surface area contributed by atoms with Crippen molar-refractivity contribution in [1.29, 1.82) is 0 Å². The number of fused-ring (bicyclic) bond motifs is 7. The summed E-state index contributed by atoms with van der Waals surface area (Å²) in [6.45, 7) is 0. The van der Waals surface area contributed by atoms with Gasteiger partial charge in [0.25, 0.3) is 0 Å². The number of aromatic nitrogens is 1. The fourth-order valence-electron chi connectivity index (χ4n) is 8.06. The zero-order valence-corrected chi connectivity index (χ0v) is 28.7. The van der Waals surface area contributed by atoms with Crippen LogP contribution in [-0.2, 0) is 4.57 Å². The summed E-state index contributed by atoms with van der Waals surface area (Å²) in [6, 6.07) is 68.2. The number of hydrogen-bond acceptors (Lipinski definition) is 1. The van der Waals surface area contributed by atoms with Gasteiger partial charge in [0.05, 0.1) is 11.0 Å². The zero-order chi connectivity index (χ0) is 33.9. The highest BCUT2D eigenvalue weighted by atomic mass is 31.2. The molecule has 1 aliphatic heterocycles. The van der Waals surface area contributed by atoms with Crippen molar-refractivity contribution in [2.24, 2.45) is 0 Å². The lowest BCUT2D eigenvalue weighted by Gasteiger charge is -2.17. The lowest BCUT2D eigenvalue weighted by molar-refractivity contribution is 0.593. The molecule has 0 aliphatic carbocycles. The van der Waals surface area contributed by atoms with Gasteiger partial charge in [-0.05, 0) is 74.8 Å². The predicted octanol–water partition coefficient (Wildman–Crippen LogP) is 11.4. The molecule has 8 aromatic carbocycles. The lowest BCUT2D eigenvalue weighted by atomic mass is 9.96. The van der Waals surface area contributed by atoms with E-state index in [9.17, 15) is 0 Å². The van der Waals surface area contributed by atoms with Crippen LogP contribution in [0.25, 0.3) is 72.0 Å². The summed E-state index contributed by atoms with van der Waals surface area (Å²) in [5, 5.41) is 4.89. The summed E-state index contributed by atoms with van der Waals surface area (Å²) in [7, 11) is -3.19. The Bertz CT molecular complexity index is 2800. The third-order valence-corrected chi connectivity index (χ3v) is 13.6. The van der Waals surface area contributed by atoms with Crippen LogP contribution in [0.15, 0.2) is 194 Å². The van der Waals surface area contributed by atoms with Crippen LogP contribution in [0.2, 0.25) is 0 Å². The molecule has 0 radical (unpaired) electrons. The van der Waals surface area contributed by atoms with E-state index in [-0.39, 0.29) is 0 Å². The molecule has 240 valence electrons. The highest BCUT2D eigenvalue weighted by Gasteiger charge is 2.42. The van der Waals surface area contributed by atoms with Gasteiger partial charge in [0.2, 0.25) is 0 Å². The number of rotatable bonds is 5. The van der Waals surface area contributed by atoms with Crippen molar-refractivity contribution in [3.8, 4) is 50.2 Å². The molecular formula is C48H32NOP. The molecule has 0 bridgehead atoms. The molecule has 10 rings (SSSR count). The first-order valence-corrected chi connectivity index (χ1v) is 19.1. The van der Waals surface area contributed by atoms with E-state index in [1.807, 2.05) is 36.4 Å². The Morgan fingerprint density at radius 1 is 0.392 bits per heavy atom. The van der Waals surface area contributed by atoms with Crippen LogP contribution in [-0.4, -0.2) is 4.57 Å². The number of hydrogen-bond donors (Lipinski definition) is 0. The smallest absolute Gasteiger partial charge is 0.172 e. The van der Waals surface area contributed by atoms with Gasteiger partial charge in [-0.15, -0.1) is 0 Å². The molecule has 0 saturated heterocycles. The van der Waals surface area contributed by atoms with E-state index in [1.54, 1.807) is 0 Å². The van der Waals surface area contributed by atoms with Crippen molar-refractivity contribution in [2.45, 2.75) is 0 Å². The average molecular weight is 670 g/mol. The first kappa shape index (κ1) is 29.7. The third-order valence-electron chi connectivity index (χ3n) is 10.4. The Hall–Kier alpha value is -6.21. The fourth-order valence-corrected chi connectivity index (χ4v) is 11.3. The van der Waals surface area contributed by atoms with Crippen LogP contribution in [0.5, 0.6) is 0 Å². The second-order valence-electron chi connectivity index (χ2n) is 13.2. The Balaban J connectivity index is 1.25. The molecule has 1 unspecified atom stereocenters. The number of benzene rings is 8. The molecule has 0 fully saturated rings. The van der Waals surface area contributed by atoms with Crippen molar-refractivity contribution >= 4 is 44.9 Å². The Kier molecular flexibility index (Phi) is 6.81. The fraction of sp³-hybridized carbons (Fsp3) is 0.